The van der Waals surface area contributed by atoms with Crippen LogP contribution >= 0.6 is 11.6 Å². The number of halogens is 3. The number of rotatable bonds is 5. The fourth-order valence-electron chi connectivity index (χ4n) is 6.08. The van der Waals surface area contributed by atoms with Crippen molar-refractivity contribution in [2.45, 2.75) is 35.5 Å². The number of nitrogens with one attached hydrogen (secondary N) is 2. The van der Waals surface area contributed by atoms with E-state index >= 15 is 8.78 Å². The highest BCUT2D eigenvalue weighted by atomic mass is 35.5. The van der Waals surface area contributed by atoms with Gasteiger partial charge in [-0.15, -0.1) is 0 Å². The minimum Gasteiger partial charge on any atom is -0.357 e. The van der Waals surface area contributed by atoms with Gasteiger partial charge in [0.2, 0.25) is 11.8 Å². The maximum absolute atomic E-state index is 15.1. The van der Waals surface area contributed by atoms with Gasteiger partial charge in [0.15, 0.2) is 0 Å². The highest BCUT2D eigenvalue weighted by Crippen LogP contribution is 2.38. The third-order valence-corrected chi connectivity index (χ3v) is 7.75. The Bertz CT molecular complexity index is 1390. The third-order valence-electron chi connectivity index (χ3n) is 7.50. The molecule has 2 heterocycles. The van der Waals surface area contributed by atoms with Crippen molar-refractivity contribution in [3.8, 4) is 0 Å². The molecule has 1 atom stereocenters. The van der Waals surface area contributed by atoms with E-state index in [0.717, 1.165) is 12.1 Å². The Balaban J connectivity index is 1.72. The molecule has 0 radical (unpaired) electrons. The fourth-order valence-corrected chi connectivity index (χ4v) is 6.21. The van der Waals surface area contributed by atoms with E-state index < -0.39 is 40.0 Å². The number of carbonyl (C=O) groups excluding carboxylic acids is 4. The molecule has 1 fully saturated rings. The number of nitrogens with zero attached hydrogens (tertiary/aromatic N) is 1. The Morgan fingerprint density at radius 1 is 1.13 bits per heavy atom. The molecule has 2 aromatic rings. The predicted molar refractivity (Wildman–Crippen MR) is 156 cm³/mol. The van der Waals surface area contributed by atoms with E-state index in [1.54, 1.807) is 37.5 Å². The van der Waals surface area contributed by atoms with Gasteiger partial charge in [0.1, 0.15) is 53.1 Å². The standard InChI is InChI=1S/C22H24B6ClF2N3O4/c23-11-7-10-14(22(27,28)34(18(10)37)12-5-6-13(35)32-17(12)36)16(24)15(11)21(25,26)33-19(38)20(30,31)8-1-3-9(29)4-2-8/h1-4,7,12H,5-6,23-28H2,(H,33,38)(H,32,35,36). The number of imide groups is 1. The number of amides is 4. The molecule has 38 heavy (non-hydrogen) atoms. The zero-order valence-corrected chi connectivity index (χ0v) is 22.8. The molecule has 2 aliphatic heterocycles. The minimum atomic E-state index is -3.81. The van der Waals surface area contributed by atoms with Crippen LogP contribution < -0.4 is 21.6 Å². The summed E-state index contributed by atoms with van der Waals surface area (Å²) in [4.78, 5) is 52.3. The summed E-state index contributed by atoms with van der Waals surface area (Å²) < 4.78 is 30.2. The summed E-state index contributed by atoms with van der Waals surface area (Å²) >= 11 is 5.81. The van der Waals surface area contributed by atoms with Crippen LogP contribution in [0.4, 0.5) is 8.78 Å². The Hall–Kier alpha value is -2.94. The number of hydrogen-bond donors (Lipinski definition) is 2. The molecule has 0 aliphatic carbocycles. The first kappa shape index (κ1) is 28.1. The molecule has 2 aliphatic rings. The lowest BCUT2D eigenvalue weighted by molar-refractivity contribution is -0.147. The molecule has 4 amide bonds. The number of piperidine rings is 1. The summed E-state index contributed by atoms with van der Waals surface area (Å²) in [6, 6.07) is 5.67. The van der Waals surface area contributed by atoms with Gasteiger partial charge in [-0.1, -0.05) is 46.3 Å². The Kier molecular flexibility index (Phi) is 6.92. The molecule has 2 N–H and O–H groups in total. The molecule has 190 valence electrons. The van der Waals surface area contributed by atoms with Gasteiger partial charge < -0.3 is 10.2 Å². The third kappa shape index (κ3) is 4.48. The first-order valence-electron chi connectivity index (χ1n) is 12.3. The molecular weight excluding hydrogens is 509 g/mol. The molecule has 0 bridgehead atoms. The van der Waals surface area contributed by atoms with E-state index in [9.17, 15) is 19.2 Å². The van der Waals surface area contributed by atoms with Crippen molar-refractivity contribution in [3.63, 3.8) is 0 Å². The van der Waals surface area contributed by atoms with Crippen molar-refractivity contribution in [3.05, 3.63) is 57.6 Å². The van der Waals surface area contributed by atoms with Crippen molar-refractivity contribution in [1.29, 1.82) is 0 Å². The van der Waals surface area contributed by atoms with Crippen LogP contribution in [0.25, 0.3) is 0 Å². The van der Waals surface area contributed by atoms with Gasteiger partial charge in [-0.25, -0.2) is 0 Å². The van der Waals surface area contributed by atoms with E-state index in [2.05, 4.69) is 10.6 Å². The minimum absolute atomic E-state index is 0.122. The van der Waals surface area contributed by atoms with Crippen molar-refractivity contribution in [1.82, 2.24) is 15.5 Å². The molecule has 0 spiro atoms. The van der Waals surface area contributed by atoms with Gasteiger partial charge in [-0.05, 0) is 24.1 Å². The average Bonchev–Trinajstić information content (AvgIpc) is 2.99. The predicted octanol–water partition coefficient (Wildman–Crippen LogP) is -5.22. The van der Waals surface area contributed by atoms with Crippen molar-refractivity contribution in [2.24, 2.45) is 0 Å². The largest absolute Gasteiger partial charge is 0.357 e. The molecule has 0 saturated carbocycles. The summed E-state index contributed by atoms with van der Waals surface area (Å²) in [6.45, 7) is 0. The maximum Gasteiger partial charge on any atom is 0.349 e. The molecule has 2 aromatic carbocycles. The Labute approximate surface area is 229 Å². The van der Waals surface area contributed by atoms with Crippen LogP contribution in [0.5, 0.6) is 0 Å². The van der Waals surface area contributed by atoms with Crippen molar-refractivity contribution < 1.29 is 28.0 Å². The number of alkyl halides is 2. The number of carbonyl (C=O) groups is 4. The van der Waals surface area contributed by atoms with Crippen LogP contribution in [-0.4, -0.2) is 81.6 Å². The van der Waals surface area contributed by atoms with Gasteiger partial charge in [0, 0.05) is 33.2 Å². The first-order chi connectivity index (χ1) is 17.5. The van der Waals surface area contributed by atoms with Crippen LogP contribution in [0.1, 0.15) is 39.9 Å². The number of hydrogen-bond acceptors (Lipinski definition) is 4. The fraction of sp³-hybridized carbons (Fsp3) is 0.273. The summed E-state index contributed by atoms with van der Waals surface area (Å²) in [5, 5.41) is 2.91. The maximum atomic E-state index is 15.1. The van der Waals surface area contributed by atoms with Crippen LogP contribution in [0.15, 0.2) is 30.3 Å². The van der Waals surface area contributed by atoms with Gasteiger partial charge >= 0.3 is 5.92 Å². The second kappa shape index (κ2) is 9.36. The first-order valence-corrected chi connectivity index (χ1v) is 12.7. The molecular formula is C22H24B6ClF2N3O4. The van der Waals surface area contributed by atoms with Crippen LogP contribution in [-0.2, 0) is 31.0 Å². The normalized spacial score (nSPS) is 19.2. The molecule has 1 saturated heterocycles. The zero-order valence-electron chi connectivity index (χ0n) is 22.1. The topological polar surface area (TPSA) is 95.6 Å². The quantitative estimate of drug-likeness (QED) is 0.297. The average molecular weight is 533 g/mol. The summed E-state index contributed by atoms with van der Waals surface area (Å²) in [6.07, 6.45) is 0.330. The van der Waals surface area contributed by atoms with E-state index in [4.69, 9.17) is 11.6 Å². The monoisotopic (exact) mass is 533 g/mol. The highest BCUT2D eigenvalue weighted by molar-refractivity contribution is 6.52. The number of benzene rings is 2. The Morgan fingerprint density at radius 3 is 2.32 bits per heavy atom. The lowest BCUT2D eigenvalue weighted by Crippen LogP contribution is -2.60. The lowest BCUT2D eigenvalue weighted by atomic mass is 9.49. The van der Waals surface area contributed by atoms with Crippen molar-refractivity contribution in [2.75, 3.05) is 0 Å². The van der Waals surface area contributed by atoms with Gasteiger partial charge in [0.25, 0.3) is 11.8 Å². The SMILES string of the molecule is Bc1cc2c(c(B)c1C(B)(B)NC(=O)C(F)(F)c1ccc(Cl)cc1)C(B)(B)N(C1CCC(=O)NC1=O)C2=O. The lowest BCUT2D eigenvalue weighted by Gasteiger charge is -2.41. The molecule has 1 unspecified atom stereocenters. The Morgan fingerprint density at radius 2 is 1.74 bits per heavy atom. The summed E-state index contributed by atoms with van der Waals surface area (Å²) in [7, 11) is 10.4. The van der Waals surface area contributed by atoms with Gasteiger partial charge in [-0.2, -0.15) is 8.78 Å². The second-order valence-corrected chi connectivity index (χ2v) is 11.4. The van der Waals surface area contributed by atoms with E-state index in [1.807, 2.05) is 15.7 Å². The molecule has 7 nitrogen and oxygen atoms in total. The van der Waals surface area contributed by atoms with E-state index in [-0.39, 0.29) is 29.7 Å². The second-order valence-electron chi connectivity index (χ2n) is 11.0. The highest BCUT2D eigenvalue weighted by Gasteiger charge is 2.51. The van der Waals surface area contributed by atoms with Crippen LogP contribution in [0, 0.1) is 0 Å². The van der Waals surface area contributed by atoms with E-state index in [0.29, 0.717) is 27.6 Å². The summed E-state index contributed by atoms with van der Waals surface area (Å²) in [5.41, 5.74) is 2.47. The zero-order chi connectivity index (χ0) is 28.4. The van der Waals surface area contributed by atoms with Crippen LogP contribution in [0.3, 0.4) is 0 Å². The summed E-state index contributed by atoms with van der Waals surface area (Å²) in [5.74, 6) is -6.52. The molecule has 0 aromatic heterocycles. The molecule has 16 heteroatoms. The van der Waals surface area contributed by atoms with E-state index in [1.165, 1.54) is 17.0 Å². The van der Waals surface area contributed by atoms with Crippen molar-refractivity contribution >= 4 is 93.2 Å². The van der Waals surface area contributed by atoms with Crippen LogP contribution in [0.2, 0.25) is 5.02 Å². The smallest absolute Gasteiger partial charge is 0.349 e. The molecule has 4 rings (SSSR count). The van der Waals surface area contributed by atoms with Gasteiger partial charge in [0.05, 0.1) is 0 Å². The van der Waals surface area contributed by atoms with Gasteiger partial charge in [-0.3, -0.25) is 24.5 Å². The number of fused-ring (bicyclic) bond motifs is 1.